The van der Waals surface area contributed by atoms with Gasteiger partial charge in [0.15, 0.2) is 0 Å². The van der Waals surface area contributed by atoms with E-state index in [0.717, 1.165) is 22.2 Å². The van der Waals surface area contributed by atoms with Crippen LogP contribution < -0.4 is 0 Å². The van der Waals surface area contributed by atoms with Crippen LogP contribution >= 0.6 is 0 Å². The molecule has 0 aliphatic heterocycles. The van der Waals surface area contributed by atoms with Crippen molar-refractivity contribution in [3.8, 4) is 0 Å². The summed E-state index contributed by atoms with van der Waals surface area (Å²) in [6.07, 6.45) is -0.103. The number of rotatable bonds is 3. The fourth-order valence-corrected chi connectivity index (χ4v) is 4.76. The number of fused-ring (bicyclic) bond motifs is 2. The van der Waals surface area contributed by atoms with Gasteiger partial charge in [-0.2, -0.15) is 13.2 Å². The third kappa shape index (κ3) is 2.28. The standard InChI is InChI=1S/C23H21F3N2/c1-13-3-7-20-16(9-13)18(11-27-20)22(15-5-6-15,23(24,25)26)19-12-28-21-8-4-14(2)10-17(19)21/h3-4,7-12,15,27-28H,5-6H2,1-2H3. The Morgan fingerprint density at radius 2 is 1.25 bits per heavy atom. The van der Waals surface area contributed by atoms with Crippen LogP contribution in [0.2, 0.25) is 0 Å². The van der Waals surface area contributed by atoms with Gasteiger partial charge >= 0.3 is 6.18 Å². The van der Waals surface area contributed by atoms with Crippen molar-refractivity contribution in [3.63, 3.8) is 0 Å². The molecule has 4 aromatic rings. The van der Waals surface area contributed by atoms with Crippen molar-refractivity contribution < 1.29 is 13.2 Å². The Kier molecular flexibility index (Phi) is 3.52. The molecule has 0 spiro atoms. The molecule has 2 aromatic carbocycles. The van der Waals surface area contributed by atoms with Crippen LogP contribution in [-0.2, 0) is 5.41 Å². The van der Waals surface area contributed by atoms with Crippen LogP contribution in [0.25, 0.3) is 21.8 Å². The van der Waals surface area contributed by atoms with E-state index < -0.39 is 17.5 Å². The minimum absolute atomic E-state index is 0.337. The molecule has 1 fully saturated rings. The number of hydrogen-bond donors (Lipinski definition) is 2. The van der Waals surface area contributed by atoms with Crippen molar-refractivity contribution in [2.45, 2.75) is 38.3 Å². The van der Waals surface area contributed by atoms with E-state index in [9.17, 15) is 0 Å². The molecule has 5 heteroatoms. The zero-order valence-electron chi connectivity index (χ0n) is 15.7. The van der Waals surface area contributed by atoms with E-state index in [-0.39, 0.29) is 0 Å². The Bertz CT molecular complexity index is 1110. The van der Waals surface area contributed by atoms with Crippen molar-refractivity contribution >= 4 is 21.8 Å². The quantitative estimate of drug-likeness (QED) is 0.404. The maximum atomic E-state index is 15.0. The molecule has 2 aromatic heterocycles. The van der Waals surface area contributed by atoms with Crippen LogP contribution in [0.1, 0.15) is 35.1 Å². The normalized spacial score (nSPS) is 15.6. The van der Waals surface area contributed by atoms with Gasteiger partial charge < -0.3 is 9.97 Å². The molecule has 0 amide bonds. The van der Waals surface area contributed by atoms with Crippen LogP contribution in [0.15, 0.2) is 48.8 Å². The smallest absolute Gasteiger partial charge is 0.361 e. The minimum atomic E-state index is -4.41. The molecular weight excluding hydrogens is 361 g/mol. The first-order valence-electron chi connectivity index (χ1n) is 9.55. The van der Waals surface area contributed by atoms with Gasteiger partial charge in [-0.15, -0.1) is 0 Å². The predicted octanol–water partition coefficient (Wildman–Crippen LogP) is 6.52. The summed E-state index contributed by atoms with van der Waals surface area (Å²) in [7, 11) is 0. The summed E-state index contributed by atoms with van der Waals surface area (Å²) in [5, 5.41) is 1.32. The monoisotopic (exact) mass is 382 g/mol. The number of halogens is 3. The van der Waals surface area contributed by atoms with E-state index in [1.807, 2.05) is 50.2 Å². The lowest BCUT2D eigenvalue weighted by Gasteiger charge is -2.36. The average molecular weight is 382 g/mol. The Morgan fingerprint density at radius 3 is 1.64 bits per heavy atom. The highest BCUT2D eigenvalue weighted by Gasteiger charge is 2.65. The molecule has 1 aliphatic carbocycles. The van der Waals surface area contributed by atoms with Gasteiger partial charge in [0.25, 0.3) is 0 Å². The minimum Gasteiger partial charge on any atom is -0.361 e. The third-order valence-electron chi connectivity index (χ3n) is 6.16. The van der Waals surface area contributed by atoms with Crippen LogP contribution in [0.4, 0.5) is 13.2 Å². The van der Waals surface area contributed by atoms with Crippen molar-refractivity contribution in [2.75, 3.05) is 0 Å². The van der Waals surface area contributed by atoms with Crippen LogP contribution in [0.5, 0.6) is 0 Å². The van der Waals surface area contributed by atoms with Crippen LogP contribution in [-0.4, -0.2) is 16.1 Å². The third-order valence-corrected chi connectivity index (χ3v) is 6.16. The molecule has 5 rings (SSSR count). The van der Waals surface area contributed by atoms with E-state index in [1.54, 1.807) is 12.4 Å². The first kappa shape index (κ1) is 17.4. The first-order valence-corrected chi connectivity index (χ1v) is 9.55. The van der Waals surface area contributed by atoms with Crippen molar-refractivity contribution in [3.05, 3.63) is 71.0 Å². The summed E-state index contributed by atoms with van der Waals surface area (Å²) in [4.78, 5) is 6.17. The topological polar surface area (TPSA) is 31.6 Å². The second-order valence-electron chi connectivity index (χ2n) is 8.08. The summed E-state index contributed by atoms with van der Waals surface area (Å²) >= 11 is 0. The lowest BCUT2D eigenvalue weighted by atomic mass is 9.69. The Morgan fingerprint density at radius 1 is 0.786 bits per heavy atom. The van der Waals surface area contributed by atoms with Gasteiger partial charge in [0, 0.05) is 34.2 Å². The molecule has 2 nitrogen and oxygen atoms in total. The fraction of sp³-hybridized carbons (Fsp3) is 0.304. The van der Waals surface area contributed by atoms with Crippen molar-refractivity contribution in [1.29, 1.82) is 0 Å². The molecule has 0 atom stereocenters. The van der Waals surface area contributed by atoms with Crippen LogP contribution in [0, 0.1) is 19.8 Å². The van der Waals surface area contributed by atoms with Gasteiger partial charge in [-0.1, -0.05) is 23.3 Å². The van der Waals surface area contributed by atoms with Gasteiger partial charge in [-0.25, -0.2) is 0 Å². The maximum absolute atomic E-state index is 15.0. The molecule has 0 unspecified atom stereocenters. The highest BCUT2D eigenvalue weighted by molar-refractivity contribution is 5.90. The predicted molar refractivity (Wildman–Crippen MR) is 106 cm³/mol. The summed E-state index contributed by atoms with van der Waals surface area (Å²) in [6, 6.07) is 11.3. The Hall–Kier alpha value is -2.69. The first-order chi connectivity index (χ1) is 13.3. The van der Waals surface area contributed by atoms with Gasteiger partial charge in [-0.3, -0.25) is 0 Å². The lowest BCUT2D eigenvalue weighted by Crippen LogP contribution is -2.45. The summed E-state index contributed by atoms with van der Waals surface area (Å²) in [5.74, 6) is -0.452. The van der Waals surface area contributed by atoms with E-state index >= 15 is 13.2 Å². The molecule has 0 bridgehead atoms. The summed E-state index contributed by atoms with van der Waals surface area (Å²) in [5.41, 5.74) is 2.04. The number of H-pyrrole nitrogens is 2. The highest BCUT2D eigenvalue weighted by Crippen LogP contribution is 2.61. The van der Waals surface area contributed by atoms with Gasteiger partial charge in [0.2, 0.25) is 0 Å². The number of aromatic amines is 2. The average Bonchev–Trinajstić information content (AvgIpc) is 3.27. The number of nitrogens with one attached hydrogen (secondary N) is 2. The van der Waals surface area contributed by atoms with E-state index in [4.69, 9.17) is 0 Å². The molecule has 2 N–H and O–H groups in total. The lowest BCUT2D eigenvalue weighted by molar-refractivity contribution is -0.183. The summed E-state index contributed by atoms with van der Waals surface area (Å²) < 4.78 is 45.1. The van der Waals surface area contributed by atoms with Crippen molar-refractivity contribution in [2.24, 2.45) is 5.92 Å². The Labute approximate surface area is 160 Å². The van der Waals surface area contributed by atoms with Crippen molar-refractivity contribution in [1.82, 2.24) is 9.97 Å². The molecular formula is C23H21F3N2. The summed E-state index contributed by atoms with van der Waals surface area (Å²) in [6.45, 7) is 3.83. The van der Waals surface area contributed by atoms with E-state index in [0.29, 0.717) is 34.7 Å². The zero-order valence-corrected chi connectivity index (χ0v) is 15.7. The number of aryl methyl sites for hydroxylation is 2. The van der Waals surface area contributed by atoms with E-state index in [2.05, 4.69) is 9.97 Å². The van der Waals surface area contributed by atoms with Gasteiger partial charge in [0.1, 0.15) is 5.41 Å². The number of alkyl halides is 3. The Balaban J connectivity index is 1.91. The molecule has 1 aliphatic rings. The zero-order chi connectivity index (χ0) is 19.7. The molecule has 28 heavy (non-hydrogen) atoms. The van der Waals surface area contributed by atoms with Gasteiger partial charge in [-0.05, 0) is 68.0 Å². The molecule has 0 saturated heterocycles. The molecule has 0 radical (unpaired) electrons. The van der Waals surface area contributed by atoms with Gasteiger partial charge in [0.05, 0.1) is 0 Å². The highest BCUT2D eigenvalue weighted by atomic mass is 19.4. The SMILES string of the molecule is Cc1ccc2[nH]cc(C(c3c[nH]c4ccc(C)cc34)(C3CC3)C(F)(F)F)c2c1. The second kappa shape index (κ2) is 5.66. The maximum Gasteiger partial charge on any atom is 0.402 e. The molecule has 2 heterocycles. The number of benzene rings is 2. The van der Waals surface area contributed by atoms with Crippen LogP contribution in [0.3, 0.4) is 0 Å². The van der Waals surface area contributed by atoms with E-state index in [1.165, 1.54) is 0 Å². The molecule has 144 valence electrons. The molecule has 1 saturated carbocycles. The largest absolute Gasteiger partial charge is 0.402 e. The second-order valence-corrected chi connectivity index (χ2v) is 8.08. The number of aromatic nitrogens is 2. The number of hydrogen-bond acceptors (Lipinski definition) is 0. The fourth-order valence-electron chi connectivity index (χ4n) is 4.76.